The van der Waals surface area contributed by atoms with E-state index in [-0.39, 0.29) is 6.79 Å². The molecular formula is C31H24O6. The number of rotatable bonds is 6. The van der Waals surface area contributed by atoms with E-state index in [1.807, 2.05) is 91.0 Å². The molecule has 184 valence electrons. The van der Waals surface area contributed by atoms with E-state index in [2.05, 4.69) is 0 Å². The summed E-state index contributed by atoms with van der Waals surface area (Å²) in [7, 11) is 0. The van der Waals surface area contributed by atoms with Gasteiger partial charge in [0.25, 0.3) is 0 Å². The molecule has 0 bridgehead atoms. The van der Waals surface area contributed by atoms with Crippen molar-refractivity contribution in [1.82, 2.24) is 0 Å². The molecule has 6 nitrogen and oxygen atoms in total. The molecule has 1 heterocycles. The van der Waals surface area contributed by atoms with Crippen LogP contribution in [0, 0.1) is 11.8 Å². The fraction of sp³-hybridized carbons (Fsp3) is 0.161. The first-order valence-corrected chi connectivity index (χ1v) is 12.1. The Kier molecular flexibility index (Phi) is 5.85. The van der Waals surface area contributed by atoms with Crippen LogP contribution < -0.4 is 14.2 Å². The van der Waals surface area contributed by atoms with Crippen LogP contribution in [-0.4, -0.2) is 23.8 Å². The molecule has 0 radical (unpaired) electrons. The highest BCUT2D eigenvalue weighted by Crippen LogP contribution is 2.58. The monoisotopic (exact) mass is 492 g/mol. The fourth-order valence-corrected chi connectivity index (χ4v) is 5.53. The van der Waals surface area contributed by atoms with Crippen LogP contribution in [-0.2, 0) is 9.59 Å². The Hall–Kier alpha value is -4.58. The van der Waals surface area contributed by atoms with Crippen molar-refractivity contribution in [2.45, 2.75) is 11.8 Å². The molecule has 1 aliphatic heterocycles. The van der Waals surface area contributed by atoms with Crippen LogP contribution in [0.15, 0.2) is 103 Å². The van der Waals surface area contributed by atoms with Crippen molar-refractivity contribution in [1.29, 1.82) is 0 Å². The molecule has 1 N–H and O–H groups in total. The van der Waals surface area contributed by atoms with Gasteiger partial charge in [-0.3, -0.25) is 9.59 Å². The van der Waals surface area contributed by atoms with E-state index in [1.165, 1.54) is 0 Å². The lowest BCUT2D eigenvalue weighted by molar-refractivity contribution is -0.158. The van der Waals surface area contributed by atoms with Gasteiger partial charge in [0, 0.05) is 11.8 Å². The van der Waals surface area contributed by atoms with Crippen molar-refractivity contribution >= 4 is 11.9 Å². The fourth-order valence-electron chi connectivity index (χ4n) is 5.53. The second-order valence-corrected chi connectivity index (χ2v) is 9.28. The van der Waals surface area contributed by atoms with Crippen LogP contribution in [0.3, 0.4) is 0 Å². The largest absolute Gasteiger partial charge is 0.481 e. The molecule has 2 unspecified atom stereocenters. The summed E-state index contributed by atoms with van der Waals surface area (Å²) in [4.78, 5) is 26.1. The number of fused-ring (bicyclic) bond motifs is 1. The van der Waals surface area contributed by atoms with Crippen LogP contribution in [0.2, 0.25) is 0 Å². The molecule has 37 heavy (non-hydrogen) atoms. The summed E-state index contributed by atoms with van der Waals surface area (Å²) >= 11 is 0. The number of aliphatic carboxylic acids is 1. The highest BCUT2D eigenvalue weighted by molar-refractivity contribution is 5.86. The van der Waals surface area contributed by atoms with Gasteiger partial charge in [-0.1, -0.05) is 78.9 Å². The van der Waals surface area contributed by atoms with Gasteiger partial charge in [0.1, 0.15) is 5.75 Å². The van der Waals surface area contributed by atoms with E-state index < -0.39 is 35.6 Å². The predicted molar refractivity (Wildman–Crippen MR) is 137 cm³/mol. The Morgan fingerprint density at radius 2 is 1.30 bits per heavy atom. The van der Waals surface area contributed by atoms with Crippen LogP contribution >= 0.6 is 0 Å². The molecule has 2 aliphatic rings. The molecule has 0 amide bonds. The molecule has 6 rings (SSSR count). The van der Waals surface area contributed by atoms with E-state index in [1.54, 1.807) is 12.1 Å². The summed E-state index contributed by atoms with van der Waals surface area (Å²) in [6.07, 6.45) is 0. The van der Waals surface area contributed by atoms with Crippen molar-refractivity contribution in [3.05, 3.63) is 114 Å². The van der Waals surface area contributed by atoms with E-state index in [0.29, 0.717) is 17.2 Å². The number of benzene rings is 4. The molecule has 0 saturated heterocycles. The Balaban J connectivity index is 1.32. The molecule has 1 fully saturated rings. The van der Waals surface area contributed by atoms with E-state index in [0.717, 1.165) is 22.3 Å². The number of esters is 1. The zero-order chi connectivity index (χ0) is 25.4. The summed E-state index contributed by atoms with van der Waals surface area (Å²) < 4.78 is 16.8. The highest BCUT2D eigenvalue weighted by atomic mass is 16.7. The summed E-state index contributed by atoms with van der Waals surface area (Å²) in [6, 6.07) is 31.7. The van der Waals surface area contributed by atoms with Gasteiger partial charge in [0.15, 0.2) is 11.5 Å². The number of carboxylic acids is 1. The van der Waals surface area contributed by atoms with Gasteiger partial charge in [-0.15, -0.1) is 0 Å². The maximum absolute atomic E-state index is 13.7. The molecular weight excluding hydrogens is 468 g/mol. The SMILES string of the molecule is O=C(O)C1C(c2ccccc2)[C@@H](C(=O)Oc2cccc(-c3ccc4c(c3)OCO4)c2)[C@H]1c1ccccc1. The molecule has 6 heteroatoms. The predicted octanol–water partition coefficient (Wildman–Crippen LogP) is 5.89. The van der Waals surface area contributed by atoms with Crippen molar-refractivity contribution in [3.63, 3.8) is 0 Å². The average molecular weight is 493 g/mol. The maximum atomic E-state index is 13.7. The van der Waals surface area contributed by atoms with Gasteiger partial charge in [0.05, 0.1) is 11.8 Å². The van der Waals surface area contributed by atoms with Gasteiger partial charge in [-0.2, -0.15) is 0 Å². The van der Waals surface area contributed by atoms with Crippen LogP contribution in [0.4, 0.5) is 0 Å². The first-order valence-electron chi connectivity index (χ1n) is 12.1. The Morgan fingerprint density at radius 1 is 0.676 bits per heavy atom. The van der Waals surface area contributed by atoms with Gasteiger partial charge in [0.2, 0.25) is 6.79 Å². The molecule has 1 saturated carbocycles. The molecule has 0 aromatic heterocycles. The number of carbonyl (C=O) groups is 2. The molecule has 4 aromatic carbocycles. The molecule has 0 spiro atoms. The van der Waals surface area contributed by atoms with Gasteiger partial charge < -0.3 is 19.3 Å². The van der Waals surface area contributed by atoms with E-state index >= 15 is 0 Å². The Labute approximate surface area is 214 Å². The first-order chi connectivity index (χ1) is 18.1. The third kappa shape index (κ3) is 4.20. The number of carboxylic acid groups (broad SMARTS) is 1. The summed E-state index contributed by atoms with van der Waals surface area (Å²) in [6.45, 7) is 0.195. The van der Waals surface area contributed by atoms with Crippen molar-refractivity contribution in [2.75, 3.05) is 6.79 Å². The molecule has 4 aromatic rings. The lowest BCUT2D eigenvalue weighted by Gasteiger charge is -2.48. The quantitative estimate of drug-likeness (QED) is 0.267. The second kappa shape index (κ2) is 9.47. The van der Waals surface area contributed by atoms with Gasteiger partial charge in [-0.05, 0) is 46.5 Å². The topological polar surface area (TPSA) is 82.1 Å². The van der Waals surface area contributed by atoms with Crippen LogP contribution in [0.25, 0.3) is 11.1 Å². The standard InChI is InChI=1S/C31H24O6/c32-30(33)28-26(19-8-3-1-4-9-19)29(27(28)20-10-5-2-6-11-20)31(34)37-23-13-7-12-21(16-23)22-14-15-24-25(17-22)36-18-35-24/h1-17,26-29H,18H2,(H,32,33)/t26-,27?,28?,29-/m0/s1. The second-order valence-electron chi connectivity index (χ2n) is 9.28. The Bertz CT molecular complexity index is 1400. The molecule has 1 aliphatic carbocycles. The van der Waals surface area contributed by atoms with Crippen LogP contribution in [0.1, 0.15) is 23.0 Å². The average Bonchev–Trinajstić information content (AvgIpc) is 3.37. The lowest BCUT2D eigenvalue weighted by atomic mass is 9.52. The summed E-state index contributed by atoms with van der Waals surface area (Å²) in [5, 5.41) is 10.1. The number of hydrogen-bond donors (Lipinski definition) is 1. The number of carbonyl (C=O) groups excluding carboxylic acids is 1. The minimum atomic E-state index is -0.920. The van der Waals surface area contributed by atoms with Gasteiger partial charge in [-0.25, -0.2) is 0 Å². The zero-order valence-corrected chi connectivity index (χ0v) is 19.8. The molecule has 4 atom stereocenters. The van der Waals surface area contributed by atoms with Crippen LogP contribution in [0.5, 0.6) is 17.2 Å². The van der Waals surface area contributed by atoms with E-state index in [9.17, 15) is 14.7 Å². The minimum absolute atomic E-state index is 0.195. The van der Waals surface area contributed by atoms with Gasteiger partial charge >= 0.3 is 11.9 Å². The van der Waals surface area contributed by atoms with Crippen molar-refractivity contribution in [2.24, 2.45) is 11.8 Å². The third-order valence-corrected chi connectivity index (χ3v) is 7.23. The summed E-state index contributed by atoms with van der Waals surface area (Å²) in [5.74, 6) is -1.95. The lowest BCUT2D eigenvalue weighted by Crippen LogP contribution is -2.52. The Morgan fingerprint density at radius 3 is 1.95 bits per heavy atom. The smallest absolute Gasteiger partial charge is 0.315 e. The third-order valence-electron chi connectivity index (χ3n) is 7.23. The normalized spacial score (nSPS) is 21.6. The zero-order valence-electron chi connectivity index (χ0n) is 19.8. The summed E-state index contributed by atoms with van der Waals surface area (Å²) in [5.41, 5.74) is 3.40. The number of hydrogen-bond acceptors (Lipinski definition) is 5. The highest BCUT2D eigenvalue weighted by Gasteiger charge is 2.59. The van der Waals surface area contributed by atoms with Crippen molar-refractivity contribution < 1.29 is 28.9 Å². The van der Waals surface area contributed by atoms with E-state index in [4.69, 9.17) is 14.2 Å². The minimum Gasteiger partial charge on any atom is -0.481 e. The van der Waals surface area contributed by atoms with Crippen molar-refractivity contribution in [3.8, 4) is 28.4 Å². The first kappa shape index (κ1) is 22.9. The number of ether oxygens (including phenoxy) is 3. The maximum Gasteiger partial charge on any atom is 0.315 e.